The summed E-state index contributed by atoms with van der Waals surface area (Å²) in [5.41, 5.74) is 0.740. The Kier molecular flexibility index (Phi) is 14.0. The van der Waals surface area contributed by atoms with Crippen LogP contribution in [0.15, 0.2) is 18.2 Å². The Morgan fingerprint density at radius 1 is 1.11 bits per heavy atom. The van der Waals surface area contributed by atoms with Crippen molar-refractivity contribution in [3.63, 3.8) is 0 Å². The lowest BCUT2D eigenvalue weighted by Gasteiger charge is -2.36. The van der Waals surface area contributed by atoms with Crippen molar-refractivity contribution in [1.29, 1.82) is 0 Å². The number of nitrogens with one attached hydrogen (secondary N) is 1. The van der Waals surface area contributed by atoms with E-state index in [0.717, 1.165) is 38.5 Å². The summed E-state index contributed by atoms with van der Waals surface area (Å²) in [5.74, 6) is -1.14. The first-order valence-electron chi connectivity index (χ1n) is 16.2. The van der Waals surface area contributed by atoms with E-state index in [2.05, 4.69) is 5.32 Å². The van der Waals surface area contributed by atoms with E-state index in [1.807, 2.05) is 13.8 Å². The third-order valence-electron chi connectivity index (χ3n) is 8.80. The predicted octanol–water partition coefficient (Wildman–Crippen LogP) is 5.80. The molecule has 3 rings (SSSR count). The largest absolute Gasteiger partial charge is 0.490 e. The monoisotopic (exact) mass is 641 g/mol. The Morgan fingerprint density at radius 3 is 2.47 bits per heavy atom. The maximum Gasteiger partial charge on any atom is 0.389 e. The second-order valence-electron chi connectivity index (χ2n) is 12.7. The van der Waals surface area contributed by atoms with Crippen LogP contribution in [0.3, 0.4) is 0 Å². The molecule has 1 aromatic rings. The first-order valence-corrected chi connectivity index (χ1v) is 16.2. The third kappa shape index (κ3) is 11.5. The number of aliphatic hydroxyl groups is 1. The summed E-state index contributed by atoms with van der Waals surface area (Å²) in [4.78, 5) is 42.5. The van der Waals surface area contributed by atoms with E-state index in [1.54, 1.807) is 25.1 Å². The quantitative estimate of drug-likeness (QED) is 0.372. The molecule has 45 heavy (non-hydrogen) atoms. The number of rotatable bonds is 8. The van der Waals surface area contributed by atoms with Gasteiger partial charge in [-0.1, -0.05) is 26.2 Å². The predicted molar refractivity (Wildman–Crippen MR) is 165 cm³/mol. The van der Waals surface area contributed by atoms with Crippen LogP contribution < -0.4 is 10.1 Å². The van der Waals surface area contributed by atoms with Crippen molar-refractivity contribution in [2.24, 2.45) is 11.8 Å². The molecule has 12 heteroatoms. The van der Waals surface area contributed by atoms with Crippen LogP contribution in [0, 0.1) is 11.8 Å². The minimum absolute atomic E-state index is 0.0564. The van der Waals surface area contributed by atoms with Gasteiger partial charge in [0.2, 0.25) is 11.8 Å². The molecule has 1 aliphatic carbocycles. The van der Waals surface area contributed by atoms with Gasteiger partial charge in [0, 0.05) is 50.7 Å². The number of carbonyl (C=O) groups excluding carboxylic acids is 3. The van der Waals surface area contributed by atoms with Gasteiger partial charge in [-0.15, -0.1) is 0 Å². The first kappa shape index (κ1) is 36.6. The highest BCUT2D eigenvalue weighted by atomic mass is 19.4. The van der Waals surface area contributed by atoms with E-state index in [4.69, 9.17) is 9.47 Å². The number of hydrogen-bond donors (Lipinski definition) is 2. The van der Waals surface area contributed by atoms with Gasteiger partial charge in [-0.25, -0.2) is 0 Å². The lowest BCUT2D eigenvalue weighted by Crippen LogP contribution is -2.48. The van der Waals surface area contributed by atoms with E-state index in [9.17, 15) is 32.7 Å². The van der Waals surface area contributed by atoms with Gasteiger partial charge in [-0.3, -0.25) is 14.4 Å². The van der Waals surface area contributed by atoms with Gasteiger partial charge in [0.15, 0.2) is 0 Å². The zero-order valence-corrected chi connectivity index (χ0v) is 27.0. The molecule has 0 radical (unpaired) electrons. The molecule has 2 aliphatic rings. The van der Waals surface area contributed by atoms with Crippen LogP contribution >= 0.6 is 0 Å². The molecule has 1 fully saturated rings. The van der Waals surface area contributed by atoms with Gasteiger partial charge in [0.25, 0.3) is 5.91 Å². The number of anilines is 1. The molecule has 1 saturated carbocycles. The highest BCUT2D eigenvalue weighted by molar-refractivity contribution is 6.00. The van der Waals surface area contributed by atoms with E-state index < -0.39 is 43.0 Å². The number of benzene rings is 1. The number of fused-ring (bicyclic) bond motifs is 1. The molecular formula is C33H50F3N3O6. The number of amides is 3. The average Bonchev–Trinajstić information content (AvgIpc) is 3.01. The molecule has 1 aliphatic heterocycles. The Morgan fingerprint density at radius 2 is 1.80 bits per heavy atom. The molecule has 4 atom stereocenters. The summed E-state index contributed by atoms with van der Waals surface area (Å²) in [7, 11) is 1.46. The maximum absolute atomic E-state index is 14.2. The van der Waals surface area contributed by atoms with Crippen molar-refractivity contribution in [3.8, 4) is 5.75 Å². The van der Waals surface area contributed by atoms with Gasteiger partial charge in [0.1, 0.15) is 5.75 Å². The van der Waals surface area contributed by atoms with Crippen molar-refractivity contribution in [3.05, 3.63) is 23.8 Å². The Hall–Kier alpha value is -2.86. The van der Waals surface area contributed by atoms with Crippen molar-refractivity contribution in [1.82, 2.24) is 9.80 Å². The van der Waals surface area contributed by atoms with Crippen LogP contribution in [0.2, 0.25) is 0 Å². The SMILES string of the molecule is C[C@@H]1CCCCO[C@H](CN(C)C(=O)CCC(F)(F)F)[C@@H](C)CN([C@H](C)CO)C(=O)c2cc(NC(=O)C3CCCCC3)ccc2O1. The molecule has 2 N–H and O–H groups in total. The zero-order valence-electron chi connectivity index (χ0n) is 27.0. The molecule has 0 unspecified atom stereocenters. The molecule has 0 saturated heterocycles. The molecule has 254 valence electrons. The maximum atomic E-state index is 14.2. The average molecular weight is 642 g/mol. The number of alkyl halides is 3. The fourth-order valence-corrected chi connectivity index (χ4v) is 5.88. The molecule has 0 bridgehead atoms. The number of ether oxygens (including phenoxy) is 2. The van der Waals surface area contributed by atoms with Crippen molar-refractivity contribution >= 4 is 23.4 Å². The topological polar surface area (TPSA) is 108 Å². The van der Waals surface area contributed by atoms with E-state index in [1.165, 1.54) is 16.8 Å². The molecule has 1 aromatic carbocycles. The smallest absolute Gasteiger partial charge is 0.389 e. The second-order valence-corrected chi connectivity index (χ2v) is 12.7. The second kappa shape index (κ2) is 17.2. The molecule has 1 heterocycles. The number of hydrogen-bond acceptors (Lipinski definition) is 6. The summed E-state index contributed by atoms with van der Waals surface area (Å²) >= 11 is 0. The Balaban J connectivity index is 1.88. The minimum Gasteiger partial charge on any atom is -0.490 e. The van der Waals surface area contributed by atoms with E-state index >= 15 is 0 Å². The molecular weight excluding hydrogens is 591 g/mol. The van der Waals surface area contributed by atoms with E-state index in [0.29, 0.717) is 30.9 Å². The van der Waals surface area contributed by atoms with Crippen LogP contribution in [0.1, 0.15) is 95.3 Å². The van der Waals surface area contributed by atoms with Crippen LogP contribution in [0.25, 0.3) is 0 Å². The fraction of sp³-hybridized carbons (Fsp3) is 0.727. The molecule has 3 amide bonds. The highest BCUT2D eigenvalue weighted by Crippen LogP contribution is 2.30. The number of aliphatic hydroxyl groups excluding tert-OH is 1. The molecule has 0 aromatic heterocycles. The standard InChI is InChI=1S/C33H50F3N3O6/c1-22-19-39(23(2)21-40)32(43)27-18-26(37-31(42)25-11-6-5-7-12-25)13-14-28(27)45-24(3)10-8-9-17-44-29(22)20-38(4)30(41)15-16-33(34,35)36/h13-14,18,22-25,29,40H,5-12,15-17,19-21H2,1-4H3,(H,37,42)/t22-,23+,24+,29+/m0/s1. The number of halogens is 3. The summed E-state index contributed by atoms with van der Waals surface area (Å²) < 4.78 is 50.6. The third-order valence-corrected chi connectivity index (χ3v) is 8.80. The zero-order chi connectivity index (χ0) is 33.1. The number of carbonyl (C=O) groups is 3. The summed E-state index contributed by atoms with van der Waals surface area (Å²) in [6.45, 7) is 5.75. The lowest BCUT2D eigenvalue weighted by atomic mass is 9.88. The highest BCUT2D eigenvalue weighted by Gasteiger charge is 2.33. The van der Waals surface area contributed by atoms with Gasteiger partial charge < -0.3 is 29.7 Å². The van der Waals surface area contributed by atoms with Crippen LogP contribution in [0.4, 0.5) is 18.9 Å². The van der Waals surface area contributed by atoms with Crippen LogP contribution in [-0.2, 0) is 14.3 Å². The lowest BCUT2D eigenvalue weighted by molar-refractivity contribution is -0.149. The van der Waals surface area contributed by atoms with Crippen molar-refractivity contribution in [2.75, 3.05) is 38.7 Å². The number of likely N-dealkylation sites (N-methyl/N-ethyl adjacent to an activating group) is 1. The normalized spacial score (nSPS) is 23.3. The molecule has 0 spiro atoms. The Bertz CT molecular complexity index is 1130. The summed E-state index contributed by atoms with van der Waals surface area (Å²) in [6.07, 6.45) is -0.0793. The first-order chi connectivity index (χ1) is 21.3. The fourth-order valence-electron chi connectivity index (χ4n) is 5.88. The van der Waals surface area contributed by atoms with E-state index in [-0.39, 0.29) is 49.1 Å². The minimum atomic E-state index is -4.43. The van der Waals surface area contributed by atoms with Crippen LogP contribution in [-0.4, -0.2) is 90.4 Å². The van der Waals surface area contributed by atoms with Crippen molar-refractivity contribution in [2.45, 2.75) is 109 Å². The molecule has 9 nitrogen and oxygen atoms in total. The van der Waals surface area contributed by atoms with Gasteiger partial charge >= 0.3 is 6.18 Å². The van der Waals surface area contributed by atoms with Gasteiger partial charge in [-0.05, 0) is 64.2 Å². The van der Waals surface area contributed by atoms with Gasteiger partial charge in [0.05, 0.1) is 36.8 Å². The van der Waals surface area contributed by atoms with Gasteiger partial charge in [-0.2, -0.15) is 13.2 Å². The van der Waals surface area contributed by atoms with Crippen LogP contribution in [0.5, 0.6) is 5.75 Å². The number of nitrogens with zero attached hydrogens (tertiary/aromatic N) is 2. The summed E-state index contributed by atoms with van der Waals surface area (Å²) in [5, 5.41) is 13.1. The Labute approximate surface area is 264 Å². The van der Waals surface area contributed by atoms with Crippen molar-refractivity contribution < 1.29 is 42.1 Å². The summed E-state index contributed by atoms with van der Waals surface area (Å²) in [6, 6.07) is 4.47.